The average molecular weight is 309 g/mol. The molecule has 0 aliphatic carbocycles. The normalized spacial score (nSPS) is 10.8. The molecule has 3 aromatic rings. The standard InChI is InChI=1S/C17H15N3O3/c1-2-15(21)11-5-6-14-13(8-11)19-17(20(14)10-16(22)23)12-4-3-7-18-9-12/h3-9H,2,10H2,1H3,(H,22,23). The Morgan fingerprint density at radius 2 is 2.09 bits per heavy atom. The Kier molecular flexibility index (Phi) is 3.89. The lowest BCUT2D eigenvalue weighted by atomic mass is 10.1. The third-order valence-corrected chi connectivity index (χ3v) is 3.60. The number of pyridine rings is 1. The third-order valence-electron chi connectivity index (χ3n) is 3.60. The minimum atomic E-state index is -0.955. The summed E-state index contributed by atoms with van der Waals surface area (Å²) < 4.78 is 1.62. The molecule has 1 aromatic carbocycles. The molecule has 2 aromatic heterocycles. The van der Waals surface area contributed by atoms with E-state index in [-0.39, 0.29) is 12.3 Å². The second-order valence-corrected chi connectivity index (χ2v) is 5.14. The number of hydrogen-bond donors (Lipinski definition) is 1. The number of Topliss-reactive ketones (excluding diaryl/α,β-unsaturated/α-hetero) is 1. The number of imidazole rings is 1. The Balaban J connectivity index is 2.21. The molecule has 0 radical (unpaired) electrons. The van der Waals surface area contributed by atoms with E-state index in [4.69, 9.17) is 0 Å². The van der Waals surface area contributed by atoms with E-state index in [9.17, 15) is 14.7 Å². The van der Waals surface area contributed by atoms with E-state index < -0.39 is 5.97 Å². The average Bonchev–Trinajstić information content (AvgIpc) is 2.92. The van der Waals surface area contributed by atoms with Gasteiger partial charge in [0, 0.05) is 29.9 Å². The van der Waals surface area contributed by atoms with E-state index in [0.717, 1.165) is 5.56 Å². The molecule has 0 spiro atoms. The van der Waals surface area contributed by atoms with Gasteiger partial charge in [-0.15, -0.1) is 0 Å². The maximum atomic E-state index is 11.9. The quantitative estimate of drug-likeness (QED) is 0.732. The van der Waals surface area contributed by atoms with Crippen molar-refractivity contribution in [2.24, 2.45) is 0 Å². The van der Waals surface area contributed by atoms with Gasteiger partial charge in [-0.3, -0.25) is 14.6 Å². The summed E-state index contributed by atoms with van der Waals surface area (Å²) in [6, 6.07) is 8.76. The molecule has 116 valence electrons. The summed E-state index contributed by atoms with van der Waals surface area (Å²) in [7, 11) is 0. The van der Waals surface area contributed by atoms with Crippen molar-refractivity contribution < 1.29 is 14.7 Å². The maximum Gasteiger partial charge on any atom is 0.323 e. The van der Waals surface area contributed by atoms with Crippen molar-refractivity contribution in [3.05, 3.63) is 48.3 Å². The highest BCUT2D eigenvalue weighted by atomic mass is 16.4. The van der Waals surface area contributed by atoms with Crippen LogP contribution >= 0.6 is 0 Å². The molecule has 0 aliphatic heterocycles. The lowest BCUT2D eigenvalue weighted by molar-refractivity contribution is -0.137. The minimum Gasteiger partial charge on any atom is -0.480 e. The highest BCUT2D eigenvalue weighted by Gasteiger charge is 2.16. The Labute approximate surface area is 132 Å². The van der Waals surface area contributed by atoms with Crippen LogP contribution in [0, 0.1) is 0 Å². The molecule has 1 N–H and O–H groups in total. The van der Waals surface area contributed by atoms with Crippen LogP contribution in [0.5, 0.6) is 0 Å². The fraction of sp³-hybridized carbons (Fsp3) is 0.176. The molecule has 6 heteroatoms. The zero-order valence-corrected chi connectivity index (χ0v) is 12.6. The van der Waals surface area contributed by atoms with Gasteiger partial charge in [-0.25, -0.2) is 4.98 Å². The predicted octanol–water partition coefficient (Wildman–Crippen LogP) is 2.78. The van der Waals surface area contributed by atoms with Crippen LogP contribution in [0.3, 0.4) is 0 Å². The highest BCUT2D eigenvalue weighted by molar-refractivity contribution is 5.99. The first-order valence-corrected chi connectivity index (χ1v) is 7.26. The second kappa shape index (κ2) is 6.00. The van der Waals surface area contributed by atoms with Crippen LogP contribution < -0.4 is 0 Å². The Morgan fingerprint density at radius 3 is 2.74 bits per heavy atom. The number of carboxylic acid groups (broad SMARTS) is 1. The zero-order chi connectivity index (χ0) is 16.4. The molecule has 6 nitrogen and oxygen atoms in total. The van der Waals surface area contributed by atoms with Crippen molar-refractivity contribution >= 4 is 22.8 Å². The van der Waals surface area contributed by atoms with Gasteiger partial charge in [0.15, 0.2) is 5.78 Å². The molecular formula is C17H15N3O3. The molecule has 23 heavy (non-hydrogen) atoms. The summed E-state index contributed by atoms with van der Waals surface area (Å²) in [6.07, 6.45) is 3.69. The van der Waals surface area contributed by atoms with E-state index in [1.165, 1.54) is 0 Å². The summed E-state index contributed by atoms with van der Waals surface area (Å²) >= 11 is 0. The van der Waals surface area contributed by atoms with Gasteiger partial charge in [0.1, 0.15) is 12.4 Å². The van der Waals surface area contributed by atoms with Crippen molar-refractivity contribution in [2.75, 3.05) is 0 Å². The number of carbonyl (C=O) groups excluding carboxylic acids is 1. The number of aromatic nitrogens is 3. The SMILES string of the molecule is CCC(=O)c1ccc2c(c1)nc(-c1cccnc1)n2CC(=O)O. The molecule has 0 saturated heterocycles. The lowest BCUT2D eigenvalue weighted by Gasteiger charge is -2.06. The fourth-order valence-corrected chi connectivity index (χ4v) is 2.52. The van der Waals surface area contributed by atoms with E-state index in [0.29, 0.717) is 28.8 Å². The minimum absolute atomic E-state index is 0.0302. The van der Waals surface area contributed by atoms with Crippen molar-refractivity contribution in [1.82, 2.24) is 14.5 Å². The Morgan fingerprint density at radius 1 is 1.26 bits per heavy atom. The van der Waals surface area contributed by atoms with Gasteiger partial charge in [-0.1, -0.05) is 6.92 Å². The van der Waals surface area contributed by atoms with Gasteiger partial charge >= 0.3 is 5.97 Å². The molecule has 2 heterocycles. The van der Waals surface area contributed by atoms with E-state index in [1.54, 1.807) is 48.1 Å². The van der Waals surface area contributed by atoms with Crippen LogP contribution in [0.25, 0.3) is 22.4 Å². The number of fused-ring (bicyclic) bond motifs is 1. The number of benzene rings is 1. The molecule has 0 unspecified atom stereocenters. The van der Waals surface area contributed by atoms with Crippen molar-refractivity contribution in [3.63, 3.8) is 0 Å². The first kappa shape index (κ1) is 14.9. The van der Waals surface area contributed by atoms with Crippen LogP contribution in [-0.2, 0) is 11.3 Å². The number of ketones is 1. The number of rotatable bonds is 5. The largest absolute Gasteiger partial charge is 0.480 e. The monoisotopic (exact) mass is 309 g/mol. The summed E-state index contributed by atoms with van der Waals surface area (Å²) in [5, 5.41) is 9.18. The molecule has 0 bridgehead atoms. The lowest BCUT2D eigenvalue weighted by Crippen LogP contribution is -2.10. The van der Waals surface area contributed by atoms with E-state index in [1.807, 2.05) is 6.07 Å². The molecule has 0 fully saturated rings. The first-order valence-electron chi connectivity index (χ1n) is 7.26. The molecule has 3 rings (SSSR count). The van der Waals surface area contributed by atoms with Crippen LogP contribution in [0.15, 0.2) is 42.7 Å². The smallest absolute Gasteiger partial charge is 0.323 e. The maximum absolute atomic E-state index is 11.9. The van der Waals surface area contributed by atoms with Crippen molar-refractivity contribution in [1.29, 1.82) is 0 Å². The number of nitrogens with zero attached hydrogens (tertiary/aromatic N) is 3. The van der Waals surface area contributed by atoms with E-state index in [2.05, 4.69) is 9.97 Å². The first-order chi connectivity index (χ1) is 11.1. The Bertz CT molecular complexity index is 885. The summed E-state index contributed by atoms with van der Waals surface area (Å²) in [5.41, 5.74) is 2.59. The van der Waals surface area contributed by atoms with Gasteiger partial charge in [0.25, 0.3) is 0 Å². The molecule has 0 amide bonds. The number of carbonyl (C=O) groups is 2. The third kappa shape index (κ3) is 2.83. The predicted molar refractivity (Wildman–Crippen MR) is 85.2 cm³/mol. The van der Waals surface area contributed by atoms with Gasteiger partial charge in [-0.05, 0) is 30.3 Å². The number of hydrogen-bond acceptors (Lipinski definition) is 4. The van der Waals surface area contributed by atoms with Crippen LogP contribution in [0.1, 0.15) is 23.7 Å². The number of aliphatic carboxylic acids is 1. The summed E-state index contributed by atoms with van der Waals surface area (Å²) in [4.78, 5) is 31.6. The van der Waals surface area contributed by atoms with Crippen LogP contribution in [0.4, 0.5) is 0 Å². The molecule has 0 saturated carbocycles. The van der Waals surface area contributed by atoms with Crippen LogP contribution in [-0.4, -0.2) is 31.4 Å². The number of carboxylic acids is 1. The van der Waals surface area contributed by atoms with Gasteiger partial charge in [0.05, 0.1) is 11.0 Å². The Hall–Kier alpha value is -3.02. The van der Waals surface area contributed by atoms with Gasteiger partial charge in [-0.2, -0.15) is 0 Å². The molecule has 0 atom stereocenters. The zero-order valence-electron chi connectivity index (χ0n) is 12.6. The second-order valence-electron chi connectivity index (χ2n) is 5.14. The van der Waals surface area contributed by atoms with Crippen molar-refractivity contribution in [2.45, 2.75) is 19.9 Å². The van der Waals surface area contributed by atoms with Gasteiger partial charge < -0.3 is 9.67 Å². The van der Waals surface area contributed by atoms with Crippen LogP contribution in [0.2, 0.25) is 0 Å². The highest BCUT2D eigenvalue weighted by Crippen LogP contribution is 2.25. The fourth-order valence-electron chi connectivity index (χ4n) is 2.52. The summed E-state index contributed by atoms with van der Waals surface area (Å²) in [6.45, 7) is 1.60. The van der Waals surface area contributed by atoms with Crippen molar-refractivity contribution in [3.8, 4) is 11.4 Å². The molecule has 0 aliphatic rings. The van der Waals surface area contributed by atoms with Gasteiger partial charge in [0.2, 0.25) is 0 Å². The molecular weight excluding hydrogens is 294 g/mol. The summed E-state index contributed by atoms with van der Waals surface area (Å²) in [5.74, 6) is -0.401. The topological polar surface area (TPSA) is 85.1 Å². The van der Waals surface area contributed by atoms with E-state index >= 15 is 0 Å².